The molecule has 0 fully saturated rings. The summed E-state index contributed by atoms with van der Waals surface area (Å²) in [7, 11) is 0. The molecule has 130 valence electrons. The molecule has 0 unspecified atom stereocenters. The van der Waals surface area contributed by atoms with Crippen LogP contribution in [0.5, 0.6) is 0 Å². The minimum atomic E-state index is 0.798. The average molecular weight is 326 g/mol. The fraction of sp³-hybridized carbons (Fsp3) is 0.429. The van der Waals surface area contributed by atoms with Gasteiger partial charge in [0.2, 0.25) is 0 Å². The van der Waals surface area contributed by atoms with Crippen molar-refractivity contribution in [3.05, 3.63) is 71.3 Å². The normalized spacial score (nSPS) is 10.9. The highest BCUT2D eigenvalue weighted by Crippen LogP contribution is 2.11. The van der Waals surface area contributed by atoms with Gasteiger partial charge < -0.3 is 16.4 Å². The predicted molar refractivity (Wildman–Crippen MR) is 103 cm³/mol. The van der Waals surface area contributed by atoms with Crippen LogP contribution in [0.4, 0.5) is 0 Å². The molecule has 0 spiro atoms. The van der Waals surface area contributed by atoms with Crippen LogP contribution in [0.3, 0.4) is 0 Å². The Kier molecular flexibility index (Phi) is 9.17. The first-order valence-corrected chi connectivity index (χ1v) is 9.12. The first kappa shape index (κ1) is 18.7. The van der Waals surface area contributed by atoms with E-state index in [0.717, 1.165) is 52.0 Å². The maximum atomic E-state index is 5.48. The zero-order valence-electron chi connectivity index (χ0n) is 14.6. The zero-order chi connectivity index (χ0) is 16.9. The van der Waals surface area contributed by atoms with E-state index in [9.17, 15) is 0 Å². The summed E-state index contributed by atoms with van der Waals surface area (Å²) in [6.45, 7) is 4.94. The van der Waals surface area contributed by atoms with Crippen molar-refractivity contribution in [3.63, 3.8) is 0 Å². The van der Waals surface area contributed by atoms with E-state index in [0.29, 0.717) is 0 Å². The SMILES string of the molecule is NCCCCNCCCNCc1cccc(Cc2ccccc2)c1. The molecule has 0 bridgehead atoms. The van der Waals surface area contributed by atoms with Gasteiger partial charge in [0, 0.05) is 6.54 Å². The van der Waals surface area contributed by atoms with E-state index in [1.807, 2.05) is 0 Å². The summed E-state index contributed by atoms with van der Waals surface area (Å²) < 4.78 is 0. The van der Waals surface area contributed by atoms with Gasteiger partial charge in [0.25, 0.3) is 0 Å². The topological polar surface area (TPSA) is 50.1 Å². The van der Waals surface area contributed by atoms with Crippen LogP contribution >= 0.6 is 0 Å². The molecule has 2 rings (SSSR count). The molecular weight excluding hydrogens is 294 g/mol. The van der Waals surface area contributed by atoms with Gasteiger partial charge in [-0.3, -0.25) is 0 Å². The van der Waals surface area contributed by atoms with Gasteiger partial charge in [0.1, 0.15) is 0 Å². The van der Waals surface area contributed by atoms with E-state index in [-0.39, 0.29) is 0 Å². The molecule has 0 saturated carbocycles. The van der Waals surface area contributed by atoms with E-state index in [2.05, 4.69) is 65.2 Å². The summed E-state index contributed by atoms with van der Waals surface area (Å²) >= 11 is 0. The first-order valence-electron chi connectivity index (χ1n) is 9.12. The Balaban J connectivity index is 1.62. The largest absolute Gasteiger partial charge is 0.330 e. The van der Waals surface area contributed by atoms with Crippen LogP contribution < -0.4 is 16.4 Å². The smallest absolute Gasteiger partial charge is 0.0205 e. The fourth-order valence-electron chi connectivity index (χ4n) is 2.77. The van der Waals surface area contributed by atoms with Gasteiger partial charge in [-0.1, -0.05) is 54.6 Å². The van der Waals surface area contributed by atoms with E-state index >= 15 is 0 Å². The zero-order valence-corrected chi connectivity index (χ0v) is 14.6. The lowest BCUT2D eigenvalue weighted by molar-refractivity contribution is 0.576. The van der Waals surface area contributed by atoms with Gasteiger partial charge >= 0.3 is 0 Å². The number of hydrogen-bond donors (Lipinski definition) is 3. The highest BCUT2D eigenvalue weighted by Gasteiger charge is 1.98. The molecule has 0 aliphatic heterocycles. The molecule has 4 N–H and O–H groups in total. The Bertz CT molecular complexity index is 554. The second-order valence-electron chi connectivity index (χ2n) is 6.26. The molecule has 2 aromatic rings. The summed E-state index contributed by atoms with van der Waals surface area (Å²) in [5.41, 5.74) is 9.58. The van der Waals surface area contributed by atoms with Crippen LogP contribution in [0.25, 0.3) is 0 Å². The molecule has 3 nitrogen and oxygen atoms in total. The molecule has 0 atom stereocenters. The summed E-state index contributed by atoms with van der Waals surface area (Å²) in [6, 6.07) is 19.5. The molecule has 0 heterocycles. The van der Waals surface area contributed by atoms with Crippen molar-refractivity contribution < 1.29 is 0 Å². The second-order valence-corrected chi connectivity index (χ2v) is 6.26. The molecule has 0 radical (unpaired) electrons. The minimum Gasteiger partial charge on any atom is -0.330 e. The van der Waals surface area contributed by atoms with Crippen molar-refractivity contribution in [3.8, 4) is 0 Å². The lowest BCUT2D eigenvalue weighted by Gasteiger charge is -2.08. The van der Waals surface area contributed by atoms with E-state index < -0.39 is 0 Å². The number of benzene rings is 2. The number of hydrogen-bond acceptors (Lipinski definition) is 3. The van der Waals surface area contributed by atoms with Crippen LogP contribution in [0.1, 0.15) is 36.0 Å². The summed E-state index contributed by atoms with van der Waals surface area (Å²) in [5, 5.41) is 6.99. The highest BCUT2D eigenvalue weighted by molar-refractivity contribution is 5.29. The summed E-state index contributed by atoms with van der Waals surface area (Å²) in [5.74, 6) is 0. The highest BCUT2D eigenvalue weighted by atomic mass is 14.9. The third-order valence-electron chi connectivity index (χ3n) is 4.09. The Morgan fingerprint density at radius 1 is 0.667 bits per heavy atom. The molecule has 3 heteroatoms. The fourth-order valence-corrected chi connectivity index (χ4v) is 2.77. The van der Waals surface area contributed by atoms with Gasteiger partial charge in [0.15, 0.2) is 0 Å². The third kappa shape index (κ3) is 7.73. The number of nitrogens with two attached hydrogens (primary N) is 1. The Labute approximate surface area is 146 Å². The molecule has 0 saturated heterocycles. The molecular formula is C21H31N3. The third-order valence-corrected chi connectivity index (χ3v) is 4.09. The molecule has 0 aliphatic carbocycles. The van der Waals surface area contributed by atoms with Crippen LogP contribution in [-0.4, -0.2) is 26.2 Å². The minimum absolute atomic E-state index is 0.798. The quantitative estimate of drug-likeness (QED) is 0.526. The lowest BCUT2D eigenvalue weighted by atomic mass is 10.0. The molecule has 0 aliphatic rings. The van der Waals surface area contributed by atoms with Crippen LogP contribution in [0, 0.1) is 0 Å². The van der Waals surface area contributed by atoms with Crippen molar-refractivity contribution in [2.24, 2.45) is 5.73 Å². The van der Waals surface area contributed by atoms with Crippen molar-refractivity contribution in [1.29, 1.82) is 0 Å². The van der Waals surface area contributed by atoms with Gasteiger partial charge in [-0.25, -0.2) is 0 Å². The Morgan fingerprint density at radius 3 is 2.21 bits per heavy atom. The van der Waals surface area contributed by atoms with E-state index in [4.69, 9.17) is 5.73 Å². The summed E-state index contributed by atoms with van der Waals surface area (Å²) in [4.78, 5) is 0. The van der Waals surface area contributed by atoms with Crippen LogP contribution in [0.2, 0.25) is 0 Å². The average Bonchev–Trinajstić information content (AvgIpc) is 2.61. The molecule has 2 aromatic carbocycles. The first-order chi connectivity index (χ1) is 11.9. The molecule has 0 aromatic heterocycles. The monoisotopic (exact) mass is 325 g/mol. The van der Waals surface area contributed by atoms with Gasteiger partial charge in [0.05, 0.1) is 0 Å². The predicted octanol–water partition coefficient (Wildman–Crippen LogP) is 3.09. The standard InChI is InChI=1S/C21H31N3/c22-12-4-5-13-23-14-7-15-24-18-21-11-6-10-20(17-21)16-19-8-2-1-3-9-19/h1-3,6,8-11,17,23-24H,4-5,7,12-16,18,22H2. The Hall–Kier alpha value is -1.68. The van der Waals surface area contributed by atoms with Crippen molar-refractivity contribution >= 4 is 0 Å². The van der Waals surface area contributed by atoms with Gasteiger partial charge in [-0.05, 0) is 68.6 Å². The second kappa shape index (κ2) is 11.8. The molecule has 0 amide bonds. The van der Waals surface area contributed by atoms with Crippen molar-refractivity contribution in [1.82, 2.24) is 10.6 Å². The molecule has 24 heavy (non-hydrogen) atoms. The Morgan fingerprint density at radius 2 is 1.38 bits per heavy atom. The van der Waals surface area contributed by atoms with Gasteiger partial charge in [-0.15, -0.1) is 0 Å². The summed E-state index contributed by atoms with van der Waals surface area (Å²) in [6.07, 6.45) is 4.45. The number of rotatable bonds is 12. The van der Waals surface area contributed by atoms with E-state index in [1.54, 1.807) is 0 Å². The van der Waals surface area contributed by atoms with Crippen LogP contribution in [-0.2, 0) is 13.0 Å². The van der Waals surface area contributed by atoms with E-state index in [1.165, 1.54) is 23.1 Å². The maximum Gasteiger partial charge on any atom is 0.0205 e. The van der Waals surface area contributed by atoms with Gasteiger partial charge in [-0.2, -0.15) is 0 Å². The van der Waals surface area contributed by atoms with Crippen LogP contribution in [0.15, 0.2) is 54.6 Å². The maximum absolute atomic E-state index is 5.48. The van der Waals surface area contributed by atoms with Crippen molar-refractivity contribution in [2.75, 3.05) is 26.2 Å². The lowest BCUT2D eigenvalue weighted by Crippen LogP contribution is -2.22. The number of nitrogens with one attached hydrogen (secondary N) is 2. The van der Waals surface area contributed by atoms with Crippen molar-refractivity contribution in [2.45, 2.75) is 32.2 Å². The number of unbranched alkanes of at least 4 members (excludes halogenated alkanes) is 1.